The molecule has 0 aromatic rings. The fraction of sp³-hybridized carbons (Fsp3) is 0.900. The van der Waals surface area contributed by atoms with Crippen molar-refractivity contribution in [3.63, 3.8) is 0 Å². The molecule has 1 fully saturated rings. The Morgan fingerprint density at radius 3 is 2.59 bits per heavy atom. The lowest BCUT2D eigenvalue weighted by atomic mass is 10.2. The number of nitrogens with zero attached hydrogens (tertiary/aromatic N) is 1. The highest BCUT2D eigenvalue weighted by molar-refractivity contribution is 7.91. The van der Waals surface area contributed by atoms with Crippen molar-refractivity contribution in [1.29, 1.82) is 0 Å². The van der Waals surface area contributed by atoms with Crippen molar-refractivity contribution in [3.05, 3.63) is 0 Å². The average Bonchev–Trinajstić information content (AvgIpc) is 2.62. The molecule has 1 amide bonds. The summed E-state index contributed by atoms with van der Waals surface area (Å²) in [4.78, 5) is 13.6. The largest absolute Gasteiger partial charge is 0.370 e. The Kier molecular flexibility index (Phi) is 4.91. The lowest BCUT2D eigenvalue weighted by molar-refractivity contribution is -0.143. The van der Waals surface area contributed by atoms with Crippen LogP contribution in [0.25, 0.3) is 0 Å². The molecule has 7 heteroatoms. The zero-order chi connectivity index (χ0) is 13.1. The molecule has 100 valence electrons. The van der Waals surface area contributed by atoms with Crippen molar-refractivity contribution in [2.75, 3.05) is 31.7 Å². The highest BCUT2D eigenvalue weighted by atomic mass is 32.2. The summed E-state index contributed by atoms with van der Waals surface area (Å²) < 4.78 is 27.8. The van der Waals surface area contributed by atoms with Crippen molar-refractivity contribution >= 4 is 15.7 Å². The average molecular weight is 264 g/mol. The monoisotopic (exact) mass is 264 g/mol. The molecule has 0 aromatic carbocycles. The van der Waals surface area contributed by atoms with Crippen molar-refractivity contribution in [2.45, 2.75) is 25.5 Å². The Labute approximate surface area is 102 Å². The summed E-state index contributed by atoms with van der Waals surface area (Å²) in [5.74, 6) is -0.0189. The van der Waals surface area contributed by atoms with Crippen LogP contribution in [-0.4, -0.2) is 63.1 Å². The zero-order valence-electron chi connectivity index (χ0n) is 10.3. The number of carbonyl (C=O) groups excluding carboxylic acids is 1. The van der Waals surface area contributed by atoms with Crippen LogP contribution in [0.1, 0.15) is 13.3 Å². The first-order chi connectivity index (χ1) is 7.95. The summed E-state index contributed by atoms with van der Waals surface area (Å²) in [6.45, 7) is 2.40. The Balaban J connectivity index is 2.75. The van der Waals surface area contributed by atoms with Gasteiger partial charge in [-0.05, 0) is 13.3 Å². The molecule has 1 saturated heterocycles. The van der Waals surface area contributed by atoms with Gasteiger partial charge in [0.15, 0.2) is 9.84 Å². The molecule has 0 saturated carbocycles. The highest BCUT2D eigenvalue weighted by Crippen LogP contribution is 2.18. The molecule has 17 heavy (non-hydrogen) atoms. The van der Waals surface area contributed by atoms with E-state index in [0.717, 1.165) is 0 Å². The van der Waals surface area contributed by atoms with Gasteiger partial charge < -0.3 is 15.4 Å². The molecule has 2 unspecified atom stereocenters. The van der Waals surface area contributed by atoms with Gasteiger partial charge in [-0.1, -0.05) is 0 Å². The molecule has 0 spiro atoms. The molecule has 6 nitrogen and oxygen atoms in total. The molecule has 2 atom stereocenters. The number of ether oxygens (including phenoxy) is 1. The molecule has 0 aliphatic carbocycles. The van der Waals surface area contributed by atoms with Crippen molar-refractivity contribution in [3.8, 4) is 0 Å². The van der Waals surface area contributed by atoms with Crippen LogP contribution in [-0.2, 0) is 19.4 Å². The van der Waals surface area contributed by atoms with Gasteiger partial charge in [0, 0.05) is 26.2 Å². The molecule has 0 aromatic heterocycles. The summed E-state index contributed by atoms with van der Waals surface area (Å²) in [6.07, 6.45) is -0.179. The van der Waals surface area contributed by atoms with Gasteiger partial charge in [0.25, 0.3) is 5.91 Å². The van der Waals surface area contributed by atoms with Crippen LogP contribution in [0.2, 0.25) is 0 Å². The van der Waals surface area contributed by atoms with Crippen molar-refractivity contribution in [2.24, 2.45) is 5.73 Å². The van der Waals surface area contributed by atoms with E-state index in [4.69, 9.17) is 10.5 Å². The van der Waals surface area contributed by atoms with E-state index in [1.165, 1.54) is 7.11 Å². The van der Waals surface area contributed by atoms with E-state index in [-0.39, 0.29) is 30.0 Å². The number of likely N-dealkylation sites (N-methyl/N-ethyl adjacent to an activating group) is 1. The summed E-state index contributed by atoms with van der Waals surface area (Å²) >= 11 is 0. The zero-order valence-corrected chi connectivity index (χ0v) is 11.1. The second-order valence-electron chi connectivity index (χ2n) is 4.14. The molecule has 1 rings (SSSR count). The fourth-order valence-electron chi connectivity index (χ4n) is 2.10. The number of methoxy groups -OCH3 is 1. The van der Waals surface area contributed by atoms with Crippen LogP contribution in [0.4, 0.5) is 0 Å². The standard InChI is InChI=1S/C10H20N2O4S/c1-3-12(10(13)9(6-11)16-2)8-4-5-17(14,15)7-8/h8-9H,3-7,11H2,1-2H3. The Morgan fingerprint density at radius 2 is 2.24 bits per heavy atom. The van der Waals surface area contributed by atoms with E-state index in [9.17, 15) is 13.2 Å². The Bertz CT molecular complexity index is 365. The number of rotatable bonds is 5. The van der Waals surface area contributed by atoms with Crippen molar-refractivity contribution in [1.82, 2.24) is 4.90 Å². The Morgan fingerprint density at radius 1 is 1.59 bits per heavy atom. The van der Waals surface area contributed by atoms with Crippen LogP contribution in [0.3, 0.4) is 0 Å². The summed E-state index contributed by atoms with van der Waals surface area (Å²) in [6, 6.07) is -0.235. The predicted molar refractivity (Wildman–Crippen MR) is 64.3 cm³/mol. The molecular weight excluding hydrogens is 244 g/mol. The van der Waals surface area contributed by atoms with E-state index in [1.807, 2.05) is 6.92 Å². The minimum Gasteiger partial charge on any atom is -0.370 e. The second kappa shape index (κ2) is 5.79. The third-order valence-corrected chi connectivity index (χ3v) is 4.80. The first-order valence-electron chi connectivity index (χ1n) is 5.69. The van der Waals surface area contributed by atoms with E-state index in [1.54, 1.807) is 4.90 Å². The van der Waals surface area contributed by atoms with Gasteiger partial charge in [-0.25, -0.2) is 8.42 Å². The molecular formula is C10H20N2O4S. The van der Waals surface area contributed by atoms with Gasteiger partial charge in [0.1, 0.15) is 6.10 Å². The Hall–Kier alpha value is -0.660. The molecule has 2 N–H and O–H groups in total. The maximum absolute atomic E-state index is 12.1. The van der Waals surface area contributed by atoms with Gasteiger partial charge >= 0.3 is 0 Å². The number of hydrogen-bond donors (Lipinski definition) is 1. The quantitative estimate of drug-likeness (QED) is 0.687. The number of amides is 1. The number of nitrogens with two attached hydrogens (primary N) is 1. The minimum atomic E-state index is -2.99. The second-order valence-corrected chi connectivity index (χ2v) is 6.37. The predicted octanol–water partition coefficient (Wildman–Crippen LogP) is -1.00. The lowest BCUT2D eigenvalue weighted by Crippen LogP contribution is -2.48. The van der Waals surface area contributed by atoms with Gasteiger partial charge in [-0.15, -0.1) is 0 Å². The summed E-state index contributed by atoms with van der Waals surface area (Å²) in [7, 11) is -1.56. The minimum absolute atomic E-state index is 0.0492. The molecule has 1 aliphatic rings. The van der Waals surface area contributed by atoms with E-state index in [2.05, 4.69) is 0 Å². The third kappa shape index (κ3) is 3.40. The van der Waals surface area contributed by atoms with E-state index in [0.29, 0.717) is 13.0 Å². The highest BCUT2D eigenvalue weighted by Gasteiger charge is 2.35. The number of sulfone groups is 1. The first-order valence-corrected chi connectivity index (χ1v) is 7.51. The SMILES string of the molecule is CCN(C(=O)C(CN)OC)C1CCS(=O)(=O)C1. The lowest BCUT2D eigenvalue weighted by Gasteiger charge is -2.29. The van der Waals surface area contributed by atoms with Gasteiger partial charge in [0.2, 0.25) is 0 Å². The molecule has 0 bridgehead atoms. The van der Waals surface area contributed by atoms with Gasteiger partial charge in [-0.3, -0.25) is 4.79 Å². The van der Waals surface area contributed by atoms with E-state index >= 15 is 0 Å². The van der Waals surface area contributed by atoms with Crippen LogP contribution >= 0.6 is 0 Å². The summed E-state index contributed by atoms with van der Waals surface area (Å²) in [5.41, 5.74) is 5.44. The molecule has 1 heterocycles. The fourth-order valence-corrected chi connectivity index (χ4v) is 3.83. The van der Waals surface area contributed by atoms with Crippen LogP contribution < -0.4 is 5.73 Å². The van der Waals surface area contributed by atoms with Crippen molar-refractivity contribution < 1.29 is 17.9 Å². The maximum Gasteiger partial charge on any atom is 0.253 e. The maximum atomic E-state index is 12.1. The van der Waals surface area contributed by atoms with Gasteiger partial charge in [-0.2, -0.15) is 0 Å². The number of carbonyl (C=O) groups is 1. The number of hydrogen-bond acceptors (Lipinski definition) is 5. The summed E-state index contributed by atoms with van der Waals surface area (Å²) in [5, 5.41) is 0. The van der Waals surface area contributed by atoms with Crippen LogP contribution in [0.15, 0.2) is 0 Å². The smallest absolute Gasteiger partial charge is 0.253 e. The van der Waals surface area contributed by atoms with E-state index < -0.39 is 15.9 Å². The normalized spacial score (nSPS) is 24.5. The molecule has 1 aliphatic heterocycles. The third-order valence-electron chi connectivity index (χ3n) is 3.05. The topological polar surface area (TPSA) is 89.7 Å². The van der Waals surface area contributed by atoms with Crippen LogP contribution in [0, 0.1) is 0 Å². The molecule has 0 radical (unpaired) electrons. The first kappa shape index (κ1) is 14.4. The van der Waals surface area contributed by atoms with Gasteiger partial charge in [0.05, 0.1) is 11.5 Å². The van der Waals surface area contributed by atoms with Crippen LogP contribution in [0.5, 0.6) is 0 Å².